The lowest BCUT2D eigenvalue weighted by Gasteiger charge is -2.37. The summed E-state index contributed by atoms with van der Waals surface area (Å²) < 4.78 is 5.73. The normalized spacial score (nSPS) is 16.5. The van der Waals surface area contributed by atoms with Gasteiger partial charge in [-0.1, -0.05) is 47.8 Å². The maximum Gasteiger partial charge on any atom is 0.252 e. The van der Waals surface area contributed by atoms with Gasteiger partial charge in [0, 0.05) is 6.54 Å². The summed E-state index contributed by atoms with van der Waals surface area (Å²) in [5.41, 5.74) is -0.391. The van der Waals surface area contributed by atoms with E-state index in [-0.39, 0.29) is 11.8 Å². The van der Waals surface area contributed by atoms with Gasteiger partial charge in [-0.05, 0) is 55.5 Å². The van der Waals surface area contributed by atoms with Crippen molar-refractivity contribution < 1.29 is 14.6 Å². The molecule has 0 bridgehead atoms. The van der Waals surface area contributed by atoms with Crippen LogP contribution in [0.2, 0.25) is 10.0 Å². The molecule has 138 valence electrons. The highest BCUT2D eigenvalue weighted by molar-refractivity contribution is 6.42. The first-order valence-electron chi connectivity index (χ1n) is 8.59. The van der Waals surface area contributed by atoms with E-state index in [4.69, 9.17) is 27.9 Å². The molecule has 1 amide bonds. The summed E-state index contributed by atoms with van der Waals surface area (Å²) in [6, 6.07) is 12.5. The van der Waals surface area contributed by atoms with Gasteiger partial charge in [0.05, 0.1) is 5.02 Å². The van der Waals surface area contributed by atoms with Crippen LogP contribution in [-0.2, 0) is 11.3 Å². The van der Waals surface area contributed by atoms with Crippen LogP contribution in [0.5, 0.6) is 11.5 Å². The van der Waals surface area contributed by atoms with Gasteiger partial charge in [0.2, 0.25) is 0 Å². The zero-order valence-corrected chi connectivity index (χ0v) is 16.0. The maximum absolute atomic E-state index is 12.2. The van der Waals surface area contributed by atoms with Gasteiger partial charge in [-0.15, -0.1) is 0 Å². The predicted molar refractivity (Wildman–Crippen MR) is 103 cm³/mol. The third-order valence-corrected chi connectivity index (χ3v) is 5.68. The molecule has 2 aromatic carbocycles. The van der Waals surface area contributed by atoms with Crippen molar-refractivity contribution in [2.45, 2.75) is 38.3 Å². The fourth-order valence-corrected chi connectivity index (χ4v) is 3.21. The van der Waals surface area contributed by atoms with Crippen LogP contribution in [0.1, 0.15) is 31.7 Å². The predicted octanol–water partition coefficient (Wildman–Crippen LogP) is 4.95. The van der Waals surface area contributed by atoms with E-state index in [1.54, 1.807) is 37.3 Å². The Hall–Kier alpha value is -1.75. The molecule has 6 heteroatoms. The smallest absolute Gasteiger partial charge is 0.252 e. The highest BCUT2D eigenvalue weighted by Crippen LogP contribution is 2.36. The molecule has 2 aromatic rings. The highest BCUT2D eigenvalue weighted by atomic mass is 35.5. The van der Waals surface area contributed by atoms with Crippen LogP contribution in [0, 0.1) is 5.92 Å². The van der Waals surface area contributed by atoms with Crippen molar-refractivity contribution in [3.63, 3.8) is 0 Å². The summed E-state index contributed by atoms with van der Waals surface area (Å²) in [6.45, 7) is 1.94. The van der Waals surface area contributed by atoms with E-state index in [9.17, 15) is 9.90 Å². The van der Waals surface area contributed by atoms with E-state index in [0.29, 0.717) is 28.1 Å². The number of benzene rings is 2. The Morgan fingerprint density at radius 2 is 1.92 bits per heavy atom. The first-order valence-corrected chi connectivity index (χ1v) is 9.35. The molecule has 2 N–H and O–H groups in total. The van der Waals surface area contributed by atoms with Crippen LogP contribution >= 0.6 is 23.2 Å². The van der Waals surface area contributed by atoms with Crippen molar-refractivity contribution in [3.8, 4) is 11.5 Å². The van der Waals surface area contributed by atoms with Crippen molar-refractivity contribution in [1.82, 2.24) is 5.32 Å². The lowest BCUT2D eigenvalue weighted by Crippen LogP contribution is -2.51. The number of halogens is 2. The van der Waals surface area contributed by atoms with Crippen molar-refractivity contribution in [1.29, 1.82) is 0 Å². The standard InChI is InChI=1S/C20H21Cl2NO3/c1-20(25,14-4-2-5-14)19(24)23-12-13-8-10-15(11-9-13)26-17-7-3-6-16(21)18(17)22/h3,6-11,14,25H,2,4-5,12H2,1H3,(H,23,24). The van der Waals surface area contributed by atoms with Gasteiger partial charge in [-0.25, -0.2) is 0 Å². The fourth-order valence-electron chi connectivity index (χ4n) is 2.88. The Kier molecular flexibility index (Phi) is 5.76. The average molecular weight is 394 g/mol. The zero-order valence-electron chi connectivity index (χ0n) is 14.5. The summed E-state index contributed by atoms with van der Waals surface area (Å²) in [5, 5.41) is 14.0. The molecule has 0 saturated heterocycles. The van der Waals surface area contributed by atoms with Crippen molar-refractivity contribution in [2.75, 3.05) is 0 Å². The Balaban J connectivity index is 1.57. The molecule has 1 aliphatic carbocycles. The number of hydrogen-bond donors (Lipinski definition) is 2. The molecule has 1 atom stereocenters. The minimum absolute atomic E-state index is 0.0562. The lowest BCUT2D eigenvalue weighted by atomic mass is 9.73. The number of amides is 1. The highest BCUT2D eigenvalue weighted by Gasteiger charge is 2.41. The molecule has 0 aliphatic heterocycles. The number of ether oxygens (including phenoxy) is 1. The second-order valence-electron chi connectivity index (χ2n) is 6.76. The van der Waals surface area contributed by atoms with E-state index in [1.165, 1.54) is 0 Å². The van der Waals surface area contributed by atoms with Gasteiger partial charge in [0.1, 0.15) is 22.1 Å². The van der Waals surface area contributed by atoms with Gasteiger partial charge >= 0.3 is 0 Å². The molecule has 3 rings (SSSR count). The molecular formula is C20H21Cl2NO3. The third kappa shape index (κ3) is 4.14. The van der Waals surface area contributed by atoms with E-state index in [2.05, 4.69) is 5.32 Å². The molecule has 0 radical (unpaired) electrons. The van der Waals surface area contributed by atoms with Gasteiger partial charge < -0.3 is 15.2 Å². The largest absolute Gasteiger partial charge is 0.456 e. The lowest BCUT2D eigenvalue weighted by molar-refractivity contribution is -0.147. The molecule has 0 aromatic heterocycles. The monoisotopic (exact) mass is 393 g/mol. The van der Waals surface area contributed by atoms with E-state index in [0.717, 1.165) is 24.8 Å². The molecule has 1 aliphatic rings. The van der Waals surface area contributed by atoms with Crippen molar-refractivity contribution in [2.24, 2.45) is 5.92 Å². The van der Waals surface area contributed by atoms with Gasteiger partial charge in [0.15, 0.2) is 0 Å². The minimum atomic E-state index is -1.30. The van der Waals surface area contributed by atoms with Crippen molar-refractivity contribution >= 4 is 29.1 Å². The summed E-state index contributed by atoms with van der Waals surface area (Å²) in [7, 11) is 0. The topological polar surface area (TPSA) is 58.6 Å². The molecule has 1 unspecified atom stereocenters. The van der Waals surface area contributed by atoms with Crippen molar-refractivity contribution in [3.05, 3.63) is 58.1 Å². The van der Waals surface area contributed by atoms with Gasteiger partial charge in [-0.3, -0.25) is 4.79 Å². The zero-order chi connectivity index (χ0) is 18.7. The van der Waals surface area contributed by atoms with E-state index < -0.39 is 5.60 Å². The third-order valence-electron chi connectivity index (χ3n) is 4.88. The quantitative estimate of drug-likeness (QED) is 0.729. The van der Waals surface area contributed by atoms with Gasteiger partial charge in [-0.2, -0.15) is 0 Å². The molecular weight excluding hydrogens is 373 g/mol. The Morgan fingerprint density at radius 1 is 1.23 bits per heavy atom. The number of nitrogens with one attached hydrogen (secondary N) is 1. The Labute approximate surface area is 163 Å². The molecule has 4 nitrogen and oxygen atoms in total. The summed E-state index contributed by atoms with van der Waals surface area (Å²) in [6.07, 6.45) is 2.88. The number of carbonyl (C=O) groups is 1. The maximum atomic E-state index is 12.2. The minimum Gasteiger partial charge on any atom is -0.456 e. The van der Waals surface area contributed by atoms with Gasteiger partial charge in [0.25, 0.3) is 5.91 Å². The van der Waals surface area contributed by atoms with Crippen LogP contribution < -0.4 is 10.1 Å². The van der Waals surface area contributed by atoms with Crippen LogP contribution in [0.25, 0.3) is 0 Å². The number of rotatable bonds is 6. The number of hydrogen-bond acceptors (Lipinski definition) is 3. The molecule has 0 heterocycles. The van der Waals surface area contributed by atoms with E-state index in [1.807, 2.05) is 12.1 Å². The summed E-state index contributed by atoms with van der Waals surface area (Å²) >= 11 is 12.1. The van der Waals surface area contributed by atoms with Crippen LogP contribution in [0.15, 0.2) is 42.5 Å². The second kappa shape index (κ2) is 7.87. The molecule has 26 heavy (non-hydrogen) atoms. The van der Waals surface area contributed by atoms with Crippen LogP contribution in [-0.4, -0.2) is 16.6 Å². The van der Waals surface area contributed by atoms with Crippen LogP contribution in [0.4, 0.5) is 0 Å². The first-order chi connectivity index (χ1) is 12.4. The molecule has 0 spiro atoms. The summed E-state index contributed by atoms with van der Waals surface area (Å²) in [4.78, 5) is 12.2. The first kappa shape index (κ1) is 19.0. The van der Waals surface area contributed by atoms with E-state index >= 15 is 0 Å². The SMILES string of the molecule is CC(O)(C(=O)NCc1ccc(Oc2cccc(Cl)c2Cl)cc1)C1CCC1. The molecule has 1 fully saturated rings. The second-order valence-corrected chi connectivity index (χ2v) is 7.54. The Morgan fingerprint density at radius 3 is 2.54 bits per heavy atom. The number of aliphatic hydroxyl groups is 1. The summed E-state index contributed by atoms with van der Waals surface area (Å²) in [5.74, 6) is 0.830. The Bertz CT molecular complexity index is 786. The van der Waals surface area contributed by atoms with Crippen LogP contribution in [0.3, 0.4) is 0 Å². The average Bonchev–Trinajstić information content (AvgIpc) is 2.56. The number of carbonyl (C=O) groups excluding carboxylic acids is 1. The fraction of sp³-hybridized carbons (Fsp3) is 0.350. The molecule has 1 saturated carbocycles.